The van der Waals surface area contributed by atoms with Crippen molar-refractivity contribution in [3.8, 4) is 0 Å². The maximum atomic E-state index is 12.3. The minimum absolute atomic E-state index is 0.0143. The number of aryl methyl sites for hydroxylation is 1. The lowest BCUT2D eigenvalue weighted by molar-refractivity contribution is -0.132. The molecule has 1 aromatic heterocycles. The van der Waals surface area contributed by atoms with Gasteiger partial charge in [0.15, 0.2) is 0 Å². The summed E-state index contributed by atoms with van der Waals surface area (Å²) >= 11 is 0. The Balaban J connectivity index is 1.57. The first kappa shape index (κ1) is 15.4. The molecule has 8 nitrogen and oxygen atoms in total. The lowest BCUT2D eigenvalue weighted by Gasteiger charge is -2.43. The van der Waals surface area contributed by atoms with E-state index in [-0.39, 0.29) is 36.1 Å². The SMILES string of the molecule is CNC(=O)C1CC(=O)N(C2CN(C(=O)c3cnc(C)cn3)C2)C1. The number of hydrogen-bond acceptors (Lipinski definition) is 5. The van der Waals surface area contributed by atoms with Crippen molar-refractivity contribution in [1.29, 1.82) is 0 Å². The van der Waals surface area contributed by atoms with E-state index in [2.05, 4.69) is 15.3 Å². The van der Waals surface area contributed by atoms with Crippen LogP contribution in [0.3, 0.4) is 0 Å². The Labute approximate surface area is 133 Å². The first-order chi connectivity index (χ1) is 11.0. The van der Waals surface area contributed by atoms with E-state index in [0.29, 0.717) is 25.3 Å². The predicted octanol–water partition coefficient (Wildman–Crippen LogP) is -0.796. The number of hydrogen-bond donors (Lipinski definition) is 1. The lowest BCUT2D eigenvalue weighted by Crippen LogP contribution is -2.61. The molecule has 0 spiro atoms. The fourth-order valence-electron chi connectivity index (χ4n) is 2.95. The number of amides is 3. The maximum absolute atomic E-state index is 12.3. The molecule has 0 aliphatic carbocycles. The minimum atomic E-state index is -0.291. The topological polar surface area (TPSA) is 95.5 Å². The van der Waals surface area contributed by atoms with E-state index < -0.39 is 0 Å². The summed E-state index contributed by atoms with van der Waals surface area (Å²) in [5.41, 5.74) is 1.07. The standard InChI is InChI=1S/C15H19N5O3/c1-9-4-18-12(5-17-9)15(23)19-7-11(8-19)20-6-10(3-13(20)21)14(22)16-2/h4-5,10-11H,3,6-8H2,1-2H3,(H,16,22). The summed E-state index contributed by atoms with van der Waals surface area (Å²) in [6, 6.07) is -0.0143. The van der Waals surface area contributed by atoms with Crippen LogP contribution in [0.4, 0.5) is 0 Å². The largest absolute Gasteiger partial charge is 0.359 e. The van der Waals surface area contributed by atoms with E-state index in [0.717, 1.165) is 5.69 Å². The first-order valence-corrected chi connectivity index (χ1v) is 7.58. The van der Waals surface area contributed by atoms with Gasteiger partial charge in [0.05, 0.1) is 23.9 Å². The Morgan fingerprint density at radius 2 is 1.96 bits per heavy atom. The molecule has 8 heteroatoms. The number of nitrogens with zero attached hydrogens (tertiary/aromatic N) is 4. The van der Waals surface area contributed by atoms with Crippen LogP contribution in [0.5, 0.6) is 0 Å². The third-order valence-electron chi connectivity index (χ3n) is 4.37. The van der Waals surface area contributed by atoms with Crippen LogP contribution in [-0.4, -0.2) is 70.2 Å². The molecular weight excluding hydrogens is 298 g/mol. The molecule has 0 radical (unpaired) electrons. The molecular formula is C15H19N5O3. The molecule has 3 amide bonds. The molecule has 0 saturated carbocycles. The van der Waals surface area contributed by atoms with Gasteiger partial charge in [0.1, 0.15) is 5.69 Å². The van der Waals surface area contributed by atoms with Gasteiger partial charge in [-0.1, -0.05) is 0 Å². The monoisotopic (exact) mass is 317 g/mol. The molecule has 1 N–H and O–H groups in total. The highest BCUT2D eigenvalue weighted by Crippen LogP contribution is 2.25. The van der Waals surface area contributed by atoms with Gasteiger partial charge < -0.3 is 15.1 Å². The quantitative estimate of drug-likeness (QED) is 0.788. The molecule has 1 unspecified atom stereocenters. The number of rotatable bonds is 3. The summed E-state index contributed by atoms with van der Waals surface area (Å²) < 4.78 is 0. The van der Waals surface area contributed by atoms with E-state index in [1.54, 1.807) is 23.0 Å². The van der Waals surface area contributed by atoms with Crippen LogP contribution >= 0.6 is 0 Å². The van der Waals surface area contributed by atoms with Gasteiger partial charge >= 0.3 is 0 Å². The van der Waals surface area contributed by atoms with Crippen LogP contribution < -0.4 is 5.32 Å². The van der Waals surface area contributed by atoms with E-state index in [9.17, 15) is 14.4 Å². The summed E-state index contributed by atoms with van der Waals surface area (Å²) in [7, 11) is 1.57. The molecule has 2 aliphatic rings. The fraction of sp³-hybridized carbons (Fsp3) is 0.533. The highest BCUT2D eigenvalue weighted by Gasteiger charge is 2.43. The number of carbonyl (C=O) groups is 3. The van der Waals surface area contributed by atoms with E-state index in [4.69, 9.17) is 0 Å². The molecule has 2 fully saturated rings. The average molecular weight is 317 g/mol. The number of aromatic nitrogens is 2. The number of nitrogens with one attached hydrogen (secondary N) is 1. The van der Waals surface area contributed by atoms with Gasteiger partial charge in [-0.05, 0) is 6.92 Å². The van der Waals surface area contributed by atoms with Gasteiger partial charge in [-0.15, -0.1) is 0 Å². The van der Waals surface area contributed by atoms with Crippen molar-refractivity contribution < 1.29 is 14.4 Å². The number of carbonyl (C=O) groups excluding carboxylic acids is 3. The van der Waals surface area contributed by atoms with Gasteiger partial charge in [-0.3, -0.25) is 19.4 Å². The Morgan fingerprint density at radius 1 is 1.22 bits per heavy atom. The molecule has 23 heavy (non-hydrogen) atoms. The Bertz CT molecular complexity index is 639. The summed E-state index contributed by atoms with van der Waals surface area (Å²) in [6.45, 7) is 3.18. The second-order valence-electron chi connectivity index (χ2n) is 5.97. The molecule has 1 aromatic rings. The van der Waals surface area contributed by atoms with E-state index >= 15 is 0 Å². The molecule has 1 atom stereocenters. The second-order valence-corrected chi connectivity index (χ2v) is 5.97. The van der Waals surface area contributed by atoms with Gasteiger partial charge in [0.2, 0.25) is 11.8 Å². The van der Waals surface area contributed by atoms with Crippen molar-refractivity contribution in [3.05, 3.63) is 23.8 Å². The van der Waals surface area contributed by atoms with Crippen LogP contribution in [-0.2, 0) is 9.59 Å². The van der Waals surface area contributed by atoms with Crippen LogP contribution in [0.1, 0.15) is 22.6 Å². The molecule has 0 bridgehead atoms. The zero-order chi connectivity index (χ0) is 16.6. The second kappa shape index (κ2) is 5.94. The van der Waals surface area contributed by atoms with Crippen molar-refractivity contribution in [2.75, 3.05) is 26.7 Å². The van der Waals surface area contributed by atoms with Crippen molar-refractivity contribution >= 4 is 17.7 Å². The molecule has 2 aliphatic heterocycles. The smallest absolute Gasteiger partial charge is 0.274 e. The molecule has 3 heterocycles. The van der Waals surface area contributed by atoms with Gasteiger partial charge in [-0.2, -0.15) is 0 Å². The number of likely N-dealkylation sites (tertiary alicyclic amines) is 2. The molecule has 0 aromatic carbocycles. The first-order valence-electron chi connectivity index (χ1n) is 7.58. The van der Waals surface area contributed by atoms with E-state index in [1.165, 1.54) is 6.20 Å². The van der Waals surface area contributed by atoms with Crippen LogP contribution in [0, 0.1) is 12.8 Å². The Kier molecular flexibility index (Phi) is 3.97. The highest BCUT2D eigenvalue weighted by atomic mass is 16.2. The highest BCUT2D eigenvalue weighted by molar-refractivity contribution is 5.93. The van der Waals surface area contributed by atoms with Crippen LogP contribution in [0.15, 0.2) is 12.4 Å². The van der Waals surface area contributed by atoms with Gasteiger partial charge in [0, 0.05) is 39.3 Å². The van der Waals surface area contributed by atoms with E-state index in [1.807, 2.05) is 6.92 Å². The molecule has 2 saturated heterocycles. The third-order valence-corrected chi connectivity index (χ3v) is 4.37. The maximum Gasteiger partial charge on any atom is 0.274 e. The van der Waals surface area contributed by atoms with Crippen molar-refractivity contribution in [2.24, 2.45) is 5.92 Å². The zero-order valence-corrected chi connectivity index (χ0v) is 13.2. The summed E-state index contributed by atoms with van der Waals surface area (Å²) in [5, 5.41) is 2.58. The van der Waals surface area contributed by atoms with Crippen molar-refractivity contribution in [2.45, 2.75) is 19.4 Å². The fourth-order valence-corrected chi connectivity index (χ4v) is 2.95. The summed E-state index contributed by atoms with van der Waals surface area (Å²) in [5.74, 6) is -0.600. The lowest BCUT2D eigenvalue weighted by atomic mass is 10.1. The summed E-state index contributed by atoms with van der Waals surface area (Å²) in [6.07, 6.45) is 3.27. The zero-order valence-electron chi connectivity index (χ0n) is 13.2. The molecule has 122 valence electrons. The third kappa shape index (κ3) is 2.88. The van der Waals surface area contributed by atoms with Gasteiger partial charge in [-0.25, -0.2) is 4.98 Å². The predicted molar refractivity (Wildman–Crippen MR) is 80.3 cm³/mol. The minimum Gasteiger partial charge on any atom is -0.359 e. The van der Waals surface area contributed by atoms with Gasteiger partial charge in [0.25, 0.3) is 5.91 Å². The normalized spacial score (nSPS) is 21.3. The van der Waals surface area contributed by atoms with Crippen LogP contribution in [0.25, 0.3) is 0 Å². The van der Waals surface area contributed by atoms with Crippen molar-refractivity contribution in [3.63, 3.8) is 0 Å². The Morgan fingerprint density at radius 3 is 2.57 bits per heavy atom. The van der Waals surface area contributed by atoms with Crippen molar-refractivity contribution in [1.82, 2.24) is 25.1 Å². The Hall–Kier alpha value is -2.51. The molecule has 3 rings (SSSR count). The average Bonchev–Trinajstić information content (AvgIpc) is 2.87. The van der Waals surface area contributed by atoms with Crippen LogP contribution in [0.2, 0.25) is 0 Å². The summed E-state index contributed by atoms with van der Waals surface area (Å²) in [4.78, 5) is 47.5.